The summed E-state index contributed by atoms with van der Waals surface area (Å²) >= 11 is 0. The molecule has 4 nitrogen and oxygen atoms in total. The van der Waals surface area contributed by atoms with E-state index >= 15 is 0 Å². The van der Waals surface area contributed by atoms with Crippen LogP contribution in [0, 0.1) is 6.92 Å². The largest absolute Gasteiger partial charge is 0.478 e. The zero-order chi connectivity index (χ0) is 11.6. The zero-order valence-corrected chi connectivity index (χ0v) is 8.94. The molecule has 80 valence electrons. The molecule has 0 aromatic heterocycles. The fourth-order valence-electron chi connectivity index (χ4n) is 1.23. The number of carbonyl (C=O) groups is 2. The summed E-state index contributed by atoms with van der Waals surface area (Å²) < 4.78 is 0. The van der Waals surface area contributed by atoms with Crippen LogP contribution < -0.4 is 0 Å². The molecule has 0 aliphatic carbocycles. The van der Waals surface area contributed by atoms with Crippen LogP contribution in [0.4, 0.5) is 0 Å². The maximum absolute atomic E-state index is 11.7. The highest BCUT2D eigenvalue weighted by atomic mass is 16.4. The number of carboxylic acid groups (broad SMARTS) is 1. The van der Waals surface area contributed by atoms with Crippen LogP contribution >= 0.6 is 0 Å². The van der Waals surface area contributed by atoms with E-state index in [1.165, 1.54) is 17.0 Å². The summed E-state index contributed by atoms with van der Waals surface area (Å²) in [5.74, 6) is -1.21. The van der Waals surface area contributed by atoms with E-state index in [2.05, 4.69) is 0 Å². The fourth-order valence-corrected chi connectivity index (χ4v) is 1.23. The summed E-state index contributed by atoms with van der Waals surface area (Å²) in [4.78, 5) is 23.8. The highest BCUT2D eigenvalue weighted by Gasteiger charge is 2.13. The minimum atomic E-state index is -1.03. The first-order valence-corrected chi connectivity index (χ1v) is 4.49. The smallest absolute Gasteiger partial charge is 0.335 e. The molecule has 0 fully saturated rings. The predicted octanol–water partition coefficient (Wildman–Crippen LogP) is 1.40. The molecule has 0 saturated carbocycles. The summed E-state index contributed by atoms with van der Waals surface area (Å²) in [6.07, 6.45) is 0. The lowest BCUT2D eigenvalue weighted by Crippen LogP contribution is -2.22. The molecule has 0 aliphatic heterocycles. The van der Waals surface area contributed by atoms with Crippen LogP contribution in [0.25, 0.3) is 0 Å². The van der Waals surface area contributed by atoms with Crippen molar-refractivity contribution in [1.82, 2.24) is 4.90 Å². The Labute approximate surface area is 88.1 Å². The molecule has 1 aromatic carbocycles. The van der Waals surface area contributed by atoms with E-state index in [0.717, 1.165) is 5.56 Å². The number of carboxylic acids is 1. The van der Waals surface area contributed by atoms with Gasteiger partial charge in [-0.3, -0.25) is 4.79 Å². The molecule has 0 atom stereocenters. The van der Waals surface area contributed by atoms with E-state index in [0.29, 0.717) is 5.56 Å². The Kier molecular flexibility index (Phi) is 3.09. The highest BCUT2D eigenvalue weighted by Crippen LogP contribution is 2.12. The minimum Gasteiger partial charge on any atom is -0.478 e. The average molecular weight is 207 g/mol. The van der Waals surface area contributed by atoms with Crippen molar-refractivity contribution >= 4 is 11.9 Å². The highest BCUT2D eigenvalue weighted by molar-refractivity contribution is 5.98. The van der Waals surface area contributed by atoms with Gasteiger partial charge in [-0.25, -0.2) is 4.79 Å². The van der Waals surface area contributed by atoms with Crippen molar-refractivity contribution in [3.8, 4) is 0 Å². The summed E-state index contributed by atoms with van der Waals surface area (Å²) in [6, 6.07) is 4.53. The van der Waals surface area contributed by atoms with Crippen LogP contribution in [0.2, 0.25) is 0 Å². The monoisotopic (exact) mass is 207 g/mol. The number of benzene rings is 1. The lowest BCUT2D eigenvalue weighted by Gasteiger charge is -2.12. The van der Waals surface area contributed by atoms with Crippen molar-refractivity contribution in [1.29, 1.82) is 0 Å². The molecule has 1 N–H and O–H groups in total. The summed E-state index contributed by atoms with van der Waals surface area (Å²) in [7, 11) is 3.27. The number of hydrogen-bond acceptors (Lipinski definition) is 2. The number of aryl methyl sites for hydroxylation is 1. The number of aromatic carboxylic acids is 1. The van der Waals surface area contributed by atoms with Gasteiger partial charge in [0.25, 0.3) is 5.91 Å². The molecule has 0 spiro atoms. The van der Waals surface area contributed by atoms with Gasteiger partial charge in [-0.2, -0.15) is 0 Å². The number of nitrogens with zero attached hydrogens (tertiary/aromatic N) is 1. The van der Waals surface area contributed by atoms with Crippen LogP contribution in [-0.2, 0) is 0 Å². The van der Waals surface area contributed by atoms with Crippen molar-refractivity contribution < 1.29 is 14.7 Å². The van der Waals surface area contributed by atoms with Gasteiger partial charge in [-0.05, 0) is 24.6 Å². The number of hydrogen-bond donors (Lipinski definition) is 1. The lowest BCUT2D eigenvalue weighted by molar-refractivity contribution is 0.0697. The van der Waals surface area contributed by atoms with E-state index < -0.39 is 5.97 Å². The average Bonchev–Trinajstić information content (AvgIpc) is 2.16. The Bertz CT molecular complexity index is 410. The maximum atomic E-state index is 11.7. The lowest BCUT2D eigenvalue weighted by atomic mass is 10.0. The molecule has 1 rings (SSSR count). The SMILES string of the molecule is Cc1ccc(C(=O)O)cc1C(=O)N(C)C. The van der Waals surface area contributed by atoms with Gasteiger partial charge in [0.05, 0.1) is 5.56 Å². The normalized spacial score (nSPS) is 9.80. The van der Waals surface area contributed by atoms with Gasteiger partial charge in [-0.1, -0.05) is 6.07 Å². The first-order valence-electron chi connectivity index (χ1n) is 4.49. The number of carbonyl (C=O) groups excluding carboxylic acids is 1. The van der Waals surface area contributed by atoms with Gasteiger partial charge in [0.1, 0.15) is 0 Å². The summed E-state index contributed by atoms with van der Waals surface area (Å²) in [5, 5.41) is 8.80. The Hall–Kier alpha value is -1.84. The minimum absolute atomic E-state index is 0.130. The molecule has 0 radical (unpaired) electrons. The Morgan fingerprint density at radius 2 is 1.87 bits per heavy atom. The van der Waals surface area contributed by atoms with Crippen LogP contribution in [0.3, 0.4) is 0 Å². The van der Waals surface area contributed by atoms with Crippen LogP contribution in [0.15, 0.2) is 18.2 Å². The van der Waals surface area contributed by atoms with Crippen molar-refractivity contribution in [2.75, 3.05) is 14.1 Å². The van der Waals surface area contributed by atoms with E-state index in [9.17, 15) is 9.59 Å². The van der Waals surface area contributed by atoms with Gasteiger partial charge in [0.15, 0.2) is 0 Å². The first-order chi connectivity index (χ1) is 6.93. The third-order valence-corrected chi connectivity index (χ3v) is 2.12. The fraction of sp³-hybridized carbons (Fsp3) is 0.273. The van der Waals surface area contributed by atoms with Crippen molar-refractivity contribution in [2.24, 2.45) is 0 Å². The van der Waals surface area contributed by atoms with Gasteiger partial charge >= 0.3 is 5.97 Å². The summed E-state index contributed by atoms with van der Waals surface area (Å²) in [6.45, 7) is 1.78. The van der Waals surface area contributed by atoms with Gasteiger partial charge in [-0.15, -0.1) is 0 Å². The number of rotatable bonds is 2. The quantitative estimate of drug-likeness (QED) is 0.797. The third-order valence-electron chi connectivity index (χ3n) is 2.12. The number of amides is 1. The van der Waals surface area contributed by atoms with Crippen molar-refractivity contribution in [3.63, 3.8) is 0 Å². The second-order valence-corrected chi connectivity index (χ2v) is 3.53. The topological polar surface area (TPSA) is 57.6 Å². The molecule has 0 aliphatic rings. The van der Waals surface area contributed by atoms with Crippen LogP contribution in [-0.4, -0.2) is 36.0 Å². The molecule has 0 unspecified atom stereocenters. The Balaban J connectivity index is 3.22. The molecule has 15 heavy (non-hydrogen) atoms. The van der Waals surface area contributed by atoms with Gasteiger partial charge in [0.2, 0.25) is 0 Å². The Morgan fingerprint density at radius 1 is 1.27 bits per heavy atom. The van der Waals surface area contributed by atoms with E-state index in [4.69, 9.17) is 5.11 Å². The van der Waals surface area contributed by atoms with Gasteiger partial charge in [0, 0.05) is 19.7 Å². The molecule has 1 amide bonds. The van der Waals surface area contributed by atoms with Crippen molar-refractivity contribution in [3.05, 3.63) is 34.9 Å². The van der Waals surface area contributed by atoms with E-state index in [1.54, 1.807) is 27.1 Å². The van der Waals surface area contributed by atoms with Gasteiger partial charge < -0.3 is 10.0 Å². The zero-order valence-electron chi connectivity index (χ0n) is 8.94. The van der Waals surface area contributed by atoms with E-state index in [-0.39, 0.29) is 11.5 Å². The molecular formula is C11H13NO3. The Morgan fingerprint density at radius 3 is 2.33 bits per heavy atom. The summed E-state index contributed by atoms with van der Waals surface area (Å²) in [5.41, 5.74) is 1.34. The standard InChI is InChI=1S/C11H13NO3/c1-7-4-5-8(11(14)15)6-9(7)10(13)12(2)3/h4-6H,1-3H3,(H,14,15). The molecular weight excluding hydrogens is 194 g/mol. The maximum Gasteiger partial charge on any atom is 0.335 e. The van der Waals surface area contributed by atoms with Crippen LogP contribution in [0.1, 0.15) is 26.3 Å². The molecule has 4 heteroatoms. The second kappa shape index (κ2) is 4.13. The third kappa shape index (κ3) is 2.34. The first kappa shape index (κ1) is 11.2. The molecule has 0 heterocycles. The van der Waals surface area contributed by atoms with Crippen molar-refractivity contribution in [2.45, 2.75) is 6.92 Å². The predicted molar refractivity (Wildman–Crippen MR) is 56.2 cm³/mol. The van der Waals surface area contributed by atoms with E-state index in [1.807, 2.05) is 0 Å². The molecule has 0 saturated heterocycles. The molecule has 0 bridgehead atoms. The van der Waals surface area contributed by atoms with Crippen LogP contribution in [0.5, 0.6) is 0 Å². The molecule has 1 aromatic rings. The second-order valence-electron chi connectivity index (χ2n) is 3.53.